The van der Waals surface area contributed by atoms with Gasteiger partial charge in [0.2, 0.25) is 0 Å². The molecule has 0 spiro atoms. The maximum Gasteiger partial charge on any atom is 0.194 e. The molecular formula is C13H23N3O. The largest absolute Gasteiger partial charge is 0.444 e. The summed E-state index contributed by atoms with van der Waals surface area (Å²) in [5.41, 5.74) is 0. The summed E-state index contributed by atoms with van der Waals surface area (Å²) in [7, 11) is 1.92. The first-order valence-corrected chi connectivity index (χ1v) is 6.62. The molecule has 1 aliphatic rings. The molecule has 4 heteroatoms. The summed E-state index contributed by atoms with van der Waals surface area (Å²) >= 11 is 0. The first-order valence-electron chi connectivity index (χ1n) is 6.62. The molecule has 1 aromatic heterocycles. The highest BCUT2D eigenvalue weighted by molar-refractivity contribution is 4.95. The molecule has 0 bridgehead atoms. The summed E-state index contributed by atoms with van der Waals surface area (Å²) in [5.74, 6) is 2.59. The van der Waals surface area contributed by atoms with E-state index in [2.05, 4.69) is 22.1 Å². The molecule has 17 heavy (non-hydrogen) atoms. The molecule has 1 fully saturated rings. The van der Waals surface area contributed by atoms with Crippen molar-refractivity contribution < 1.29 is 4.42 Å². The summed E-state index contributed by atoms with van der Waals surface area (Å²) in [4.78, 5) is 6.86. The van der Waals surface area contributed by atoms with E-state index in [0.717, 1.165) is 30.5 Å². The normalized spacial score (nSPS) is 18.7. The van der Waals surface area contributed by atoms with Crippen LogP contribution < -0.4 is 5.32 Å². The number of oxazole rings is 1. The van der Waals surface area contributed by atoms with E-state index in [9.17, 15) is 0 Å². The van der Waals surface area contributed by atoms with Gasteiger partial charge in [0.25, 0.3) is 0 Å². The lowest BCUT2D eigenvalue weighted by Gasteiger charge is -2.30. The number of piperidine rings is 1. The summed E-state index contributed by atoms with van der Waals surface area (Å²) in [6.45, 7) is 6.63. The second-order valence-electron chi connectivity index (χ2n) is 4.83. The van der Waals surface area contributed by atoms with E-state index in [1.54, 1.807) is 0 Å². The first-order chi connectivity index (χ1) is 8.31. The van der Waals surface area contributed by atoms with Crippen molar-refractivity contribution in [2.45, 2.75) is 32.7 Å². The van der Waals surface area contributed by atoms with Crippen LogP contribution in [0.25, 0.3) is 0 Å². The van der Waals surface area contributed by atoms with Crippen molar-refractivity contribution >= 4 is 0 Å². The van der Waals surface area contributed by atoms with Gasteiger partial charge in [-0.1, -0.05) is 6.92 Å². The molecule has 96 valence electrons. The second kappa shape index (κ2) is 6.17. The molecule has 0 saturated carbocycles. The highest BCUT2D eigenvalue weighted by atomic mass is 16.4. The Balaban J connectivity index is 1.80. The molecule has 0 radical (unpaired) electrons. The molecule has 1 saturated heterocycles. The van der Waals surface area contributed by atoms with Crippen molar-refractivity contribution in [1.29, 1.82) is 0 Å². The van der Waals surface area contributed by atoms with Crippen LogP contribution in [-0.4, -0.2) is 36.6 Å². The molecular weight excluding hydrogens is 214 g/mol. The molecule has 1 aromatic rings. The quantitative estimate of drug-likeness (QED) is 0.846. The summed E-state index contributed by atoms with van der Waals surface area (Å²) in [6.07, 6.45) is 5.39. The number of aromatic nitrogens is 1. The lowest BCUT2D eigenvalue weighted by Crippen LogP contribution is -2.34. The van der Waals surface area contributed by atoms with Crippen LogP contribution in [0.2, 0.25) is 0 Å². The highest BCUT2D eigenvalue weighted by Gasteiger charge is 2.20. The van der Waals surface area contributed by atoms with E-state index in [4.69, 9.17) is 4.42 Å². The van der Waals surface area contributed by atoms with Crippen LogP contribution in [0, 0.1) is 5.92 Å². The molecule has 0 unspecified atom stereocenters. The molecule has 1 aliphatic heterocycles. The third-order valence-corrected chi connectivity index (χ3v) is 3.57. The topological polar surface area (TPSA) is 41.3 Å². The van der Waals surface area contributed by atoms with Gasteiger partial charge in [-0.05, 0) is 45.4 Å². The Bertz CT molecular complexity index is 329. The van der Waals surface area contributed by atoms with Crippen molar-refractivity contribution in [3.05, 3.63) is 17.8 Å². The second-order valence-corrected chi connectivity index (χ2v) is 4.83. The van der Waals surface area contributed by atoms with Crippen LogP contribution in [-0.2, 0) is 13.0 Å². The number of hydrogen-bond acceptors (Lipinski definition) is 4. The maximum atomic E-state index is 5.69. The van der Waals surface area contributed by atoms with E-state index >= 15 is 0 Å². The van der Waals surface area contributed by atoms with Gasteiger partial charge in [-0.15, -0.1) is 0 Å². The predicted molar refractivity (Wildman–Crippen MR) is 67.8 cm³/mol. The predicted octanol–water partition coefficient (Wildman–Crippen LogP) is 1.67. The van der Waals surface area contributed by atoms with Gasteiger partial charge in [0, 0.05) is 6.42 Å². The van der Waals surface area contributed by atoms with Gasteiger partial charge in [-0.2, -0.15) is 0 Å². The minimum absolute atomic E-state index is 0.749. The van der Waals surface area contributed by atoms with Crippen molar-refractivity contribution in [2.75, 3.05) is 26.7 Å². The summed E-state index contributed by atoms with van der Waals surface area (Å²) in [5, 5.41) is 3.07. The van der Waals surface area contributed by atoms with Crippen molar-refractivity contribution in [3.8, 4) is 0 Å². The summed E-state index contributed by atoms with van der Waals surface area (Å²) in [6, 6.07) is 0. The smallest absolute Gasteiger partial charge is 0.194 e. The van der Waals surface area contributed by atoms with Crippen LogP contribution in [0.4, 0.5) is 0 Å². The van der Waals surface area contributed by atoms with Gasteiger partial charge in [-0.25, -0.2) is 4.98 Å². The highest BCUT2D eigenvalue weighted by Crippen LogP contribution is 2.21. The fraction of sp³-hybridized carbons (Fsp3) is 0.769. The molecule has 0 aromatic carbocycles. The van der Waals surface area contributed by atoms with E-state index in [1.807, 2.05) is 13.2 Å². The van der Waals surface area contributed by atoms with Gasteiger partial charge in [0.05, 0.1) is 12.7 Å². The molecule has 2 rings (SSSR count). The number of nitrogens with one attached hydrogen (secondary N) is 1. The Hall–Kier alpha value is -0.870. The molecule has 2 heterocycles. The zero-order valence-corrected chi connectivity index (χ0v) is 10.9. The van der Waals surface area contributed by atoms with Gasteiger partial charge in [0.1, 0.15) is 5.76 Å². The molecule has 1 N–H and O–H groups in total. The van der Waals surface area contributed by atoms with E-state index in [1.165, 1.54) is 32.5 Å². The van der Waals surface area contributed by atoms with Crippen LogP contribution in [0.15, 0.2) is 10.6 Å². The van der Waals surface area contributed by atoms with E-state index < -0.39 is 0 Å². The minimum Gasteiger partial charge on any atom is -0.444 e. The van der Waals surface area contributed by atoms with Gasteiger partial charge < -0.3 is 14.6 Å². The van der Waals surface area contributed by atoms with Gasteiger partial charge in [0.15, 0.2) is 5.89 Å². The SMILES string of the molecule is CCN1CCC(Cc2ncc(CNC)o2)CC1. The lowest BCUT2D eigenvalue weighted by atomic mass is 9.93. The van der Waals surface area contributed by atoms with Gasteiger partial charge in [-0.3, -0.25) is 0 Å². The summed E-state index contributed by atoms with van der Waals surface area (Å²) < 4.78 is 5.69. The Morgan fingerprint density at radius 3 is 2.88 bits per heavy atom. The van der Waals surface area contributed by atoms with E-state index in [0.29, 0.717) is 0 Å². The molecule has 0 aliphatic carbocycles. The Morgan fingerprint density at radius 2 is 2.24 bits per heavy atom. The third kappa shape index (κ3) is 3.54. The lowest BCUT2D eigenvalue weighted by molar-refractivity contribution is 0.186. The molecule has 4 nitrogen and oxygen atoms in total. The fourth-order valence-electron chi connectivity index (χ4n) is 2.45. The van der Waals surface area contributed by atoms with E-state index in [-0.39, 0.29) is 0 Å². The standard InChI is InChI=1S/C13H23N3O/c1-3-16-6-4-11(5-7-16)8-13-15-10-12(17-13)9-14-2/h10-11,14H,3-9H2,1-2H3. The van der Waals surface area contributed by atoms with Gasteiger partial charge >= 0.3 is 0 Å². The van der Waals surface area contributed by atoms with Crippen molar-refractivity contribution in [1.82, 2.24) is 15.2 Å². The third-order valence-electron chi connectivity index (χ3n) is 3.57. The number of likely N-dealkylation sites (tertiary alicyclic amines) is 1. The average Bonchev–Trinajstić information content (AvgIpc) is 2.78. The zero-order valence-electron chi connectivity index (χ0n) is 10.9. The number of nitrogens with zero attached hydrogens (tertiary/aromatic N) is 2. The fourth-order valence-corrected chi connectivity index (χ4v) is 2.45. The van der Waals surface area contributed by atoms with Crippen LogP contribution in [0.1, 0.15) is 31.4 Å². The molecule has 0 amide bonds. The Morgan fingerprint density at radius 1 is 1.47 bits per heavy atom. The Labute approximate surface area is 103 Å². The monoisotopic (exact) mass is 237 g/mol. The van der Waals surface area contributed by atoms with Crippen molar-refractivity contribution in [3.63, 3.8) is 0 Å². The number of rotatable bonds is 5. The minimum atomic E-state index is 0.749. The maximum absolute atomic E-state index is 5.69. The zero-order chi connectivity index (χ0) is 12.1. The molecule has 0 atom stereocenters. The van der Waals surface area contributed by atoms with Crippen molar-refractivity contribution in [2.24, 2.45) is 5.92 Å². The van der Waals surface area contributed by atoms with Crippen LogP contribution >= 0.6 is 0 Å². The average molecular weight is 237 g/mol. The first kappa shape index (κ1) is 12.6. The van der Waals surface area contributed by atoms with Crippen LogP contribution in [0.3, 0.4) is 0 Å². The number of hydrogen-bond donors (Lipinski definition) is 1. The van der Waals surface area contributed by atoms with Crippen LogP contribution in [0.5, 0.6) is 0 Å². The Kier molecular flexibility index (Phi) is 4.57.